The van der Waals surface area contributed by atoms with Gasteiger partial charge in [-0.25, -0.2) is 0 Å². The van der Waals surface area contributed by atoms with Gasteiger partial charge in [-0.15, -0.1) is 0 Å². The van der Waals surface area contributed by atoms with Crippen LogP contribution in [0.25, 0.3) is 0 Å². The van der Waals surface area contributed by atoms with Gasteiger partial charge in [-0.05, 0) is 36.5 Å². The maximum absolute atomic E-state index is 2.68. The minimum Gasteiger partial charge on any atom is -0.0788 e. The molecule has 64 valence electrons. The van der Waals surface area contributed by atoms with Crippen LogP contribution in [0.1, 0.15) is 46.5 Å². The van der Waals surface area contributed by atoms with Crippen molar-refractivity contribution in [1.29, 1.82) is 0 Å². The minimum atomic E-state index is 0.554. The SMILES string of the molecule is CC(C)(C)C12CCC(I)(C1)C2. The van der Waals surface area contributed by atoms with Crippen molar-refractivity contribution in [2.45, 2.75) is 49.9 Å². The first kappa shape index (κ1) is 8.33. The summed E-state index contributed by atoms with van der Waals surface area (Å²) in [4.78, 5) is 0. The summed E-state index contributed by atoms with van der Waals surface area (Å²) in [5.74, 6) is 0. The zero-order chi connectivity index (χ0) is 8.33. The molecule has 1 heteroatoms. The van der Waals surface area contributed by atoms with Gasteiger partial charge in [0, 0.05) is 3.42 Å². The lowest BCUT2D eigenvalue weighted by atomic mass is 9.56. The summed E-state index contributed by atoms with van der Waals surface area (Å²) < 4.78 is 0.727. The van der Waals surface area contributed by atoms with Gasteiger partial charge < -0.3 is 0 Å². The summed E-state index contributed by atoms with van der Waals surface area (Å²) in [6.45, 7) is 7.23. The Labute approximate surface area is 83.3 Å². The highest BCUT2D eigenvalue weighted by Gasteiger charge is 2.63. The molecule has 0 spiro atoms. The van der Waals surface area contributed by atoms with Gasteiger partial charge in [0.2, 0.25) is 0 Å². The normalized spacial score (nSPS) is 49.1. The Kier molecular flexibility index (Phi) is 1.49. The van der Waals surface area contributed by atoms with Crippen LogP contribution in [0.15, 0.2) is 0 Å². The molecular formula is C10H17I. The van der Waals surface area contributed by atoms with Crippen molar-refractivity contribution in [3.05, 3.63) is 0 Å². The van der Waals surface area contributed by atoms with Crippen LogP contribution in [0.4, 0.5) is 0 Å². The van der Waals surface area contributed by atoms with Gasteiger partial charge in [0.05, 0.1) is 0 Å². The van der Waals surface area contributed by atoms with E-state index in [-0.39, 0.29) is 0 Å². The topological polar surface area (TPSA) is 0 Å². The molecule has 0 aliphatic heterocycles. The van der Waals surface area contributed by atoms with E-state index in [2.05, 4.69) is 43.4 Å². The number of halogens is 1. The molecule has 3 rings (SSSR count). The van der Waals surface area contributed by atoms with Gasteiger partial charge in [-0.3, -0.25) is 0 Å². The van der Waals surface area contributed by atoms with Crippen LogP contribution in [0.2, 0.25) is 0 Å². The quantitative estimate of drug-likeness (QED) is 0.461. The standard InChI is InChI=1S/C10H17I/c1-8(2,3)9-4-5-10(11,6-9)7-9/h4-7H2,1-3H3. The van der Waals surface area contributed by atoms with Crippen molar-refractivity contribution in [3.8, 4) is 0 Å². The predicted octanol–water partition coefficient (Wildman–Crippen LogP) is 3.78. The molecule has 3 aliphatic rings. The van der Waals surface area contributed by atoms with Crippen LogP contribution in [0.3, 0.4) is 0 Å². The van der Waals surface area contributed by atoms with Crippen molar-refractivity contribution in [1.82, 2.24) is 0 Å². The molecule has 2 bridgehead atoms. The molecule has 0 atom stereocenters. The Bertz CT molecular complexity index is 182. The summed E-state index contributed by atoms with van der Waals surface area (Å²) in [6, 6.07) is 0. The molecule has 0 radical (unpaired) electrons. The zero-order valence-corrected chi connectivity index (χ0v) is 9.86. The molecule has 0 amide bonds. The lowest BCUT2D eigenvalue weighted by Gasteiger charge is -2.52. The summed E-state index contributed by atoms with van der Waals surface area (Å²) >= 11 is 2.68. The van der Waals surface area contributed by atoms with Crippen molar-refractivity contribution in [3.63, 3.8) is 0 Å². The van der Waals surface area contributed by atoms with Crippen LogP contribution in [-0.2, 0) is 0 Å². The minimum absolute atomic E-state index is 0.554. The molecule has 11 heavy (non-hydrogen) atoms. The van der Waals surface area contributed by atoms with E-state index in [9.17, 15) is 0 Å². The average Bonchev–Trinajstić information content (AvgIpc) is 2.16. The molecule has 0 unspecified atom stereocenters. The molecule has 3 aliphatic carbocycles. The lowest BCUT2D eigenvalue weighted by molar-refractivity contribution is 0.0280. The first-order valence-corrected chi connectivity index (χ1v) is 5.64. The number of hydrogen-bond donors (Lipinski definition) is 0. The second-order valence-corrected chi connectivity index (χ2v) is 7.82. The Morgan fingerprint density at radius 1 is 1.09 bits per heavy atom. The number of fused-ring (bicyclic) bond motifs is 1. The monoisotopic (exact) mass is 264 g/mol. The fourth-order valence-electron chi connectivity index (χ4n) is 2.88. The maximum Gasteiger partial charge on any atom is 0.0233 e. The summed E-state index contributed by atoms with van der Waals surface area (Å²) in [5.41, 5.74) is 1.28. The van der Waals surface area contributed by atoms with Gasteiger partial charge in [0.15, 0.2) is 0 Å². The Morgan fingerprint density at radius 3 is 1.82 bits per heavy atom. The molecule has 0 aromatic heterocycles. The van der Waals surface area contributed by atoms with Crippen LogP contribution in [-0.4, -0.2) is 3.42 Å². The van der Waals surface area contributed by atoms with E-state index < -0.39 is 0 Å². The molecule has 0 aromatic rings. The fourth-order valence-corrected chi connectivity index (χ4v) is 4.61. The van der Waals surface area contributed by atoms with E-state index in [4.69, 9.17) is 0 Å². The average molecular weight is 264 g/mol. The highest BCUT2D eigenvalue weighted by molar-refractivity contribution is 14.1. The highest BCUT2D eigenvalue weighted by Crippen LogP contribution is 2.71. The second-order valence-electron chi connectivity index (χ2n) is 5.53. The molecule has 0 saturated heterocycles. The van der Waals surface area contributed by atoms with E-state index in [0.717, 1.165) is 8.84 Å². The number of hydrogen-bond acceptors (Lipinski definition) is 0. The van der Waals surface area contributed by atoms with Crippen molar-refractivity contribution < 1.29 is 0 Å². The molecule has 0 nitrogen and oxygen atoms in total. The molecule has 0 aromatic carbocycles. The molecule has 0 heterocycles. The van der Waals surface area contributed by atoms with E-state index in [0.29, 0.717) is 5.41 Å². The lowest BCUT2D eigenvalue weighted by Crippen LogP contribution is -2.46. The van der Waals surface area contributed by atoms with E-state index in [1.807, 2.05) is 0 Å². The van der Waals surface area contributed by atoms with E-state index in [1.54, 1.807) is 0 Å². The summed E-state index contributed by atoms with van der Waals surface area (Å²) in [6.07, 6.45) is 5.94. The van der Waals surface area contributed by atoms with Crippen LogP contribution >= 0.6 is 22.6 Å². The fraction of sp³-hybridized carbons (Fsp3) is 1.00. The summed E-state index contributed by atoms with van der Waals surface area (Å²) in [7, 11) is 0. The van der Waals surface area contributed by atoms with Gasteiger partial charge in [0.25, 0.3) is 0 Å². The summed E-state index contributed by atoms with van der Waals surface area (Å²) in [5, 5.41) is 0. The third-order valence-electron chi connectivity index (χ3n) is 3.95. The van der Waals surface area contributed by atoms with Gasteiger partial charge in [-0.2, -0.15) is 0 Å². The van der Waals surface area contributed by atoms with Crippen molar-refractivity contribution >= 4 is 22.6 Å². The first-order chi connectivity index (χ1) is 4.87. The van der Waals surface area contributed by atoms with Gasteiger partial charge in [-0.1, -0.05) is 43.4 Å². The third-order valence-corrected chi connectivity index (χ3v) is 5.26. The molecule has 3 fully saturated rings. The Hall–Kier alpha value is 0.730. The molecule has 0 N–H and O–H groups in total. The second kappa shape index (κ2) is 1.97. The van der Waals surface area contributed by atoms with E-state index in [1.165, 1.54) is 25.7 Å². The zero-order valence-electron chi connectivity index (χ0n) is 7.71. The molecular weight excluding hydrogens is 247 g/mol. The smallest absolute Gasteiger partial charge is 0.0233 e. The van der Waals surface area contributed by atoms with Crippen molar-refractivity contribution in [2.75, 3.05) is 0 Å². The van der Waals surface area contributed by atoms with E-state index >= 15 is 0 Å². The first-order valence-electron chi connectivity index (χ1n) is 4.56. The van der Waals surface area contributed by atoms with Crippen LogP contribution < -0.4 is 0 Å². The van der Waals surface area contributed by atoms with Crippen LogP contribution in [0.5, 0.6) is 0 Å². The third kappa shape index (κ3) is 0.991. The number of rotatable bonds is 0. The van der Waals surface area contributed by atoms with Crippen molar-refractivity contribution in [2.24, 2.45) is 10.8 Å². The maximum atomic E-state index is 2.68. The predicted molar refractivity (Wildman–Crippen MR) is 57.1 cm³/mol. The molecule has 3 saturated carbocycles. The number of alkyl halides is 1. The van der Waals surface area contributed by atoms with Gasteiger partial charge in [0.1, 0.15) is 0 Å². The van der Waals surface area contributed by atoms with Crippen LogP contribution in [0, 0.1) is 10.8 Å². The Morgan fingerprint density at radius 2 is 1.64 bits per heavy atom. The largest absolute Gasteiger partial charge is 0.0788 e. The highest BCUT2D eigenvalue weighted by atomic mass is 127. The Balaban J connectivity index is 2.19. The van der Waals surface area contributed by atoms with Gasteiger partial charge >= 0.3 is 0 Å².